The number of anilines is 1. The van der Waals surface area contributed by atoms with Gasteiger partial charge in [0.15, 0.2) is 0 Å². The molecule has 0 saturated heterocycles. The monoisotopic (exact) mass is 254 g/mol. The molecule has 1 aromatic heterocycles. The third-order valence-electron chi connectivity index (χ3n) is 3.10. The molecular formula is C13H26N4O. The maximum Gasteiger partial charge on any atom is 0.318 e. The van der Waals surface area contributed by atoms with Gasteiger partial charge in [0.2, 0.25) is 5.89 Å². The van der Waals surface area contributed by atoms with E-state index in [1.807, 2.05) is 0 Å². The van der Waals surface area contributed by atoms with Crippen LogP contribution in [0.5, 0.6) is 0 Å². The second kappa shape index (κ2) is 8.08. The Morgan fingerprint density at radius 1 is 1.28 bits per heavy atom. The van der Waals surface area contributed by atoms with Gasteiger partial charge >= 0.3 is 6.01 Å². The lowest BCUT2D eigenvalue weighted by molar-refractivity contribution is 0.445. The van der Waals surface area contributed by atoms with E-state index in [9.17, 15) is 0 Å². The standard InChI is InChI=1S/C13H26N4O/c1-5-8-9-17(11(4)6-2)13-16-15-12(18-13)10-14-7-3/h11,14H,5-10H2,1-4H3. The SMILES string of the molecule is CCCCN(c1nnc(CNCC)o1)C(C)CC. The number of unbranched alkanes of at least 4 members (excludes halogenated alkanes) is 1. The molecule has 0 aliphatic rings. The quantitative estimate of drug-likeness (QED) is 0.734. The van der Waals surface area contributed by atoms with Crippen LogP contribution < -0.4 is 10.2 Å². The fraction of sp³-hybridized carbons (Fsp3) is 0.846. The van der Waals surface area contributed by atoms with Crippen molar-refractivity contribution in [2.24, 2.45) is 0 Å². The van der Waals surface area contributed by atoms with E-state index in [-0.39, 0.29) is 0 Å². The van der Waals surface area contributed by atoms with Crippen LogP contribution in [0.2, 0.25) is 0 Å². The molecular weight excluding hydrogens is 228 g/mol. The summed E-state index contributed by atoms with van der Waals surface area (Å²) in [5.41, 5.74) is 0. The minimum atomic E-state index is 0.434. The topological polar surface area (TPSA) is 54.2 Å². The molecule has 1 unspecified atom stereocenters. The Hall–Kier alpha value is -1.10. The molecule has 0 fully saturated rings. The highest BCUT2D eigenvalue weighted by Gasteiger charge is 2.18. The summed E-state index contributed by atoms with van der Waals surface area (Å²) < 4.78 is 5.71. The normalized spacial score (nSPS) is 12.7. The zero-order valence-corrected chi connectivity index (χ0v) is 12.1. The van der Waals surface area contributed by atoms with Gasteiger partial charge in [0.05, 0.1) is 6.54 Å². The molecule has 18 heavy (non-hydrogen) atoms. The zero-order valence-electron chi connectivity index (χ0n) is 12.1. The van der Waals surface area contributed by atoms with Gasteiger partial charge in [0, 0.05) is 12.6 Å². The van der Waals surface area contributed by atoms with E-state index in [0.717, 1.165) is 25.9 Å². The average molecular weight is 254 g/mol. The molecule has 1 heterocycles. The maximum absolute atomic E-state index is 5.71. The van der Waals surface area contributed by atoms with Crippen molar-refractivity contribution in [1.29, 1.82) is 0 Å². The number of aromatic nitrogens is 2. The number of hydrogen-bond acceptors (Lipinski definition) is 5. The van der Waals surface area contributed by atoms with Crippen molar-refractivity contribution in [2.45, 2.75) is 59.5 Å². The number of rotatable bonds is 9. The molecule has 0 radical (unpaired) electrons. The Labute approximate surface area is 110 Å². The minimum absolute atomic E-state index is 0.434. The third-order valence-corrected chi connectivity index (χ3v) is 3.10. The van der Waals surface area contributed by atoms with Gasteiger partial charge in [-0.2, -0.15) is 0 Å². The fourth-order valence-corrected chi connectivity index (χ4v) is 1.72. The summed E-state index contributed by atoms with van der Waals surface area (Å²) in [7, 11) is 0. The van der Waals surface area contributed by atoms with E-state index in [2.05, 4.69) is 48.1 Å². The third kappa shape index (κ3) is 4.29. The van der Waals surface area contributed by atoms with E-state index in [1.165, 1.54) is 6.42 Å². The van der Waals surface area contributed by atoms with Crippen LogP contribution in [0.3, 0.4) is 0 Å². The van der Waals surface area contributed by atoms with Crippen LogP contribution >= 0.6 is 0 Å². The summed E-state index contributed by atoms with van der Waals surface area (Å²) in [6, 6.07) is 1.09. The van der Waals surface area contributed by atoms with Crippen LogP contribution in [0.1, 0.15) is 52.8 Å². The highest BCUT2D eigenvalue weighted by molar-refractivity contribution is 5.25. The van der Waals surface area contributed by atoms with Crippen molar-refractivity contribution in [3.05, 3.63) is 5.89 Å². The smallest absolute Gasteiger partial charge is 0.318 e. The predicted octanol–water partition coefficient (Wildman–Crippen LogP) is 2.58. The minimum Gasteiger partial charge on any atom is -0.407 e. The first-order valence-electron chi connectivity index (χ1n) is 7.02. The Kier molecular flexibility index (Phi) is 6.72. The van der Waals surface area contributed by atoms with Crippen molar-refractivity contribution in [3.63, 3.8) is 0 Å². The van der Waals surface area contributed by atoms with Crippen molar-refractivity contribution >= 4 is 6.01 Å². The first kappa shape index (κ1) is 15.0. The van der Waals surface area contributed by atoms with Crippen LogP contribution in [-0.4, -0.2) is 29.3 Å². The van der Waals surface area contributed by atoms with Gasteiger partial charge in [-0.15, -0.1) is 5.10 Å². The van der Waals surface area contributed by atoms with Crippen molar-refractivity contribution in [1.82, 2.24) is 15.5 Å². The van der Waals surface area contributed by atoms with Crippen LogP contribution in [0, 0.1) is 0 Å². The van der Waals surface area contributed by atoms with Gasteiger partial charge in [-0.05, 0) is 26.3 Å². The molecule has 0 aliphatic carbocycles. The zero-order chi connectivity index (χ0) is 13.4. The molecule has 1 N–H and O–H groups in total. The van der Waals surface area contributed by atoms with Gasteiger partial charge in [-0.25, -0.2) is 0 Å². The molecule has 0 aromatic carbocycles. The van der Waals surface area contributed by atoms with Gasteiger partial charge in [-0.3, -0.25) is 0 Å². The first-order valence-corrected chi connectivity index (χ1v) is 7.02. The predicted molar refractivity (Wildman–Crippen MR) is 73.7 cm³/mol. The van der Waals surface area contributed by atoms with Gasteiger partial charge in [-0.1, -0.05) is 32.3 Å². The van der Waals surface area contributed by atoms with Gasteiger partial charge in [0.25, 0.3) is 0 Å². The highest BCUT2D eigenvalue weighted by atomic mass is 16.4. The lowest BCUT2D eigenvalue weighted by Gasteiger charge is -2.26. The summed E-state index contributed by atoms with van der Waals surface area (Å²) in [6.07, 6.45) is 3.40. The second-order valence-electron chi connectivity index (χ2n) is 4.56. The summed E-state index contributed by atoms with van der Waals surface area (Å²) in [4.78, 5) is 2.21. The van der Waals surface area contributed by atoms with Gasteiger partial charge in [0.1, 0.15) is 0 Å². The molecule has 104 valence electrons. The molecule has 1 rings (SSSR count). The van der Waals surface area contributed by atoms with E-state index in [1.54, 1.807) is 0 Å². The molecule has 0 bridgehead atoms. The fourth-order valence-electron chi connectivity index (χ4n) is 1.72. The van der Waals surface area contributed by atoms with Crippen LogP contribution in [0.15, 0.2) is 4.42 Å². The van der Waals surface area contributed by atoms with Crippen LogP contribution in [0.4, 0.5) is 6.01 Å². The first-order chi connectivity index (χ1) is 8.72. The Morgan fingerprint density at radius 3 is 2.67 bits per heavy atom. The van der Waals surface area contributed by atoms with Crippen LogP contribution in [0.25, 0.3) is 0 Å². The lowest BCUT2D eigenvalue weighted by Crippen LogP contribution is -2.33. The summed E-state index contributed by atoms with van der Waals surface area (Å²) in [6.45, 7) is 11.2. The van der Waals surface area contributed by atoms with Crippen molar-refractivity contribution in [2.75, 3.05) is 18.0 Å². The summed E-state index contributed by atoms with van der Waals surface area (Å²) in [5, 5.41) is 11.4. The van der Waals surface area contributed by atoms with E-state index < -0.39 is 0 Å². The Morgan fingerprint density at radius 2 is 2.06 bits per heavy atom. The second-order valence-corrected chi connectivity index (χ2v) is 4.56. The molecule has 1 aromatic rings. The molecule has 5 nitrogen and oxygen atoms in total. The highest BCUT2D eigenvalue weighted by Crippen LogP contribution is 2.17. The van der Waals surface area contributed by atoms with Crippen LogP contribution in [-0.2, 0) is 6.54 Å². The maximum atomic E-state index is 5.71. The van der Waals surface area contributed by atoms with E-state index in [0.29, 0.717) is 24.5 Å². The average Bonchev–Trinajstić information content (AvgIpc) is 2.85. The number of hydrogen-bond donors (Lipinski definition) is 1. The lowest BCUT2D eigenvalue weighted by atomic mass is 10.2. The molecule has 0 saturated carbocycles. The Balaban J connectivity index is 2.68. The molecule has 5 heteroatoms. The van der Waals surface area contributed by atoms with E-state index >= 15 is 0 Å². The van der Waals surface area contributed by atoms with Crippen molar-refractivity contribution < 1.29 is 4.42 Å². The summed E-state index contributed by atoms with van der Waals surface area (Å²) in [5.74, 6) is 0.664. The Bertz CT molecular complexity index is 327. The number of nitrogens with one attached hydrogen (secondary N) is 1. The molecule has 0 amide bonds. The number of nitrogens with zero attached hydrogens (tertiary/aromatic N) is 3. The molecule has 0 spiro atoms. The van der Waals surface area contributed by atoms with Gasteiger partial charge < -0.3 is 14.6 Å². The summed E-state index contributed by atoms with van der Waals surface area (Å²) >= 11 is 0. The largest absolute Gasteiger partial charge is 0.407 e. The van der Waals surface area contributed by atoms with E-state index in [4.69, 9.17) is 4.42 Å². The molecule has 1 atom stereocenters. The van der Waals surface area contributed by atoms with Crippen molar-refractivity contribution in [3.8, 4) is 0 Å². The molecule has 0 aliphatic heterocycles.